The van der Waals surface area contributed by atoms with Crippen molar-refractivity contribution in [3.63, 3.8) is 0 Å². The number of nitrogens with zero attached hydrogens (tertiary/aromatic N) is 3. The van der Waals surface area contributed by atoms with Crippen molar-refractivity contribution in [2.75, 3.05) is 14.1 Å². The van der Waals surface area contributed by atoms with E-state index in [1.807, 2.05) is 36.4 Å². The van der Waals surface area contributed by atoms with E-state index in [-0.39, 0.29) is 24.0 Å². The normalized spacial score (nSPS) is 11.3. The Hall–Kier alpha value is -5.21. The number of carbonyl (C=O) groups is 3. The number of para-hydroxylation sites is 4. The summed E-state index contributed by atoms with van der Waals surface area (Å²) in [5.74, 6) is -0.292. The Labute approximate surface area is 277 Å². The van der Waals surface area contributed by atoms with Gasteiger partial charge in [0.25, 0.3) is 11.8 Å². The van der Waals surface area contributed by atoms with Crippen LogP contribution >= 0.6 is 22.7 Å². The van der Waals surface area contributed by atoms with E-state index < -0.39 is 17.4 Å². The first kappa shape index (κ1) is 33.2. The summed E-state index contributed by atoms with van der Waals surface area (Å²) in [7, 11) is 3.17. The predicted molar refractivity (Wildman–Crippen MR) is 184 cm³/mol. The van der Waals surface area contributed by atoms with Crippen molar-refractivity contribution >= 4 is 62.6 Å². The fourth-order valence-electron chi connectivity index (χ4n) is 4.87. The van der Waals surface area contributed by atoms with E-state index in [4.69, 9.17) is 4.74 Å². The zero-order chi connectivity index (χ0) is 33.9. The van der Waals surface area contributed by atoms with Crippen LogP contribution in [0.4, 0.5) is 4.79 Å². The number of ether oxygens (including phenoxy) is 1. The average molecular weight is 675 g/mol. The Bertz CT molecular complexity index is 2210. The number of fused-ring (bicyclic) bond motifs is 2. The SMILES string of the molecule is CNC(=O)c1csc(Cn2c(=O)[nH]c3ccccc32)c1.CNC(=O)c1csc(Cn2c(=O)n(C(=O)OC(C)(C)C)c3ccccc32)c1. The molecule has 0 fully saturated rings. The number of thiophene rings is 2. The van der Waals surface area contributed by atoms with Crippen molar-refractivity contribution in [2.24, 2.45) is 0 Å². The zero-order valence-electron chi connectivity index (χ0n) is 26.5. The second-order valence-corrected chi connectivity index (χ2v) is 13.5. The highest BCUT2D eigenvalue weighted by Gasteiger charge is 2.24. The Morgan fingerprint density at radius 3 is 1.83 bits per heavy atom. The summed E-state index contributed by atoms with van der Waals surface area (Å²) in [5.41, 5.74) is 2.65. The van der Waals surface area contributed by atoms with Gasteiger partial charge in [-0.1, -0.05) is 24.3 Å². The summed E-state index contributed by atoms with van der Waals surface area (Å²) in [6.07, 6.45) is -0.709. The molecule has 14 heteroatoms. The Kier molecular flexibility index (Phi) is 9.63. The monoisotopic (exact) mass is 674 g/mol. The number of hydrogen-bond donors (Lipinski definition) is 3. The fourth-order valence-corrected chi connectivity index (χ4v) is 6.58. The fraction of sp³-hybridized carbons (Fsp3) is 0.242. The molecule has 0 aliphatic heterocycles. The summed E-state index contributed by atoms with van der Waals surface area (Å²) >= 11 is 2.86. The van der Waals surface area contributed by atoms with Crippen LogP contribution in [0.5, 0.6) is 0 Å². The van der Waals surface area contributed by atoms with Crippen LogP contribution in [0.25, 0.3) is 22.1 Å². The van der Waals surface area contributed by atoms with E-state index in [0.29, 0.717) is 28.7 Å². The molecular formula is C33H34N6O6S2. The zero-order valence-corrected chi connectivity index (χ0v) is 28.1. The van der Waals surface area contributed by atoms with Crippen molar-refractivity contribution in [1.82, 2.24) is 29.3 Å². The lowest BCUT2D eigenvalue weighted by atomic mass is 10.2. The number of H-pyrrole nitrogens is 1. The van der Waals surface area contributed by atoms with Gasteiger partial charge in [0.05, 0.1) is 46.3 Å². The maximum atomic E-state index is 13.0. The molecule has 6 rings (SSSR count). The molecule has 0 bridgehead atoms. The Balaban J connectivity index is 0.000000193. The molecule has 0 spiro atoms. The highest BCUT2D eigenvalue weighted by molar-refractivity contribution is 7.10. The Morgan fingerprint density at radius 1 is 0.766 bits per heavy atom. The summed E-state index contributed by atoms with van der Waals surface area (Å²) < 4.78 is 9.62. The molecule has 0 radical (unpaired) electrons. The standard InChI is InChI=1S/C19H21N3O4S.C14H13N3O2S/c1-19(2,3)26-18(25)22-15-8-6-5-7-14(15)21(17(22)24)10-13-9-12(11-27-13)16(23)20-4;1-15-13(18)9-6-10(20-8-9)7-17-12-5-3-2-4-11(12)16-14(17)19/h5-9,11H,10H2,1-4H3,(H,20,23);2-6,8H,7H2,1H3,(H,15,18)(H,16,19). The molecule has 0 saturated heterocycles. The average Bonchev–Trinajstić information content (AvgIpc) is 3.82. The summed E-state index contributed by atoms with van der Waals surface area (Å²) in [6.45, 7) is 5.98. The molecule has 0 aliphatic rings. The molecule has 0 saturated carbocycles. The molecule has 4 aromatic heterocycles. The first-order valence-corrected chi connectivity index (χ1v) is 16.4. The van der Waals surface area contributed by atoms with Gasteiger partial charge >= 0.3 is 17.5 Å². The molecule has 0 aliphatic carbocycles. The minimum absolute atomic E-state index is 0.112. The van der Waals surface area contributed by atoms with Crippen LogP contribution < -0.4 is 22.0 Å². The maximum absolute atomic E-state index is 13.0. The van der Waals surface area contributed by atoms with E-state index in [0.717, 1.165) is 25.4 Å². The second-order valence-electron chi connectivity index (χ2n) is 11.5. The van der Waals surface area contributed by atoms with Gasteiger partial charge in [-0.2, -0.15) is 4.57 Å². The van der Waals surface area contributed by atoms with Crippen LogP contribution in [0.1, 0.15) is 51.2 Å². The molecule has 6 aromatic rings. The topological polar surface area (TPSA) is 149 Å². The molecule has 2 amide bonds. The first-order valence-electron chi connectivity index (χ1n) is 14.6. The van der Waals surface area contributed by atoms with Crippen molar-refractivity contribution in [2.45, 2.75) is 39.5 Å². The van der Waals surface area contributed by atoms with Gasteiger partial charge in [0.1, 0.15) is 5.60 Å². The quantitative estimate of drug-likeness (QED) is 0.230. The minimum atomic E-state index is -0.712. The first-order chi connectivity index (χ1) is 22.4. The van der Waals surface area contributed by atoms with E-state index in [9.17, 15) is 24.0 Å². The van der Waals surface area contributed by atoms with Crippen molar-refractivity contribution < 1.29 is 19.1 Å². The largest absolute Gasteiger partial charge is 0.443 e. The van der Waals surface area contributed by atoms with Gasteiger partial charge < -0.3 is 20.4 Å². The third-order valence-corrected chi connectivity index (χ3v) is 8.85. The number of benzene rings is 2. The number of imidazole rings is 2. The molecule has 244 valence electrons. The van der Waals surface area contributed by atoms with Crippen LogP contribution in [0.2, 0.25) is 0 Å². The third kappa shape index (κ3) is 7.28. The van der Waals surface area contributed by atoms with Crippen LogP contribution in [0.15, 0.2) is 81.0 Å². The molecule has 4 heterocycles. The molecular weight excluding hydrogens is 641 g/mol. The van der Waals surface area contributed by atoms with Gasteiger partial charge in [0.15, 0.2) is 0 Å². The lowest BCUT2D eigenvalue weighted by Crippen LogP contribution is -2.34. The third-order valence-electron chi connectivity index (χ3n) is 7.01. The van der Waals surface area contributed by atoms with Crippen molar-refractivity contribution in [1.29, 1.82) is 0 Å². The van der Waals surface area contributed by atoms with Gasteiger partial charge in [-0.25, -0.2) is 14.4 Å². The van der Waals surface area contributed by atoms with Gasteiger partial charge in [-0.05, 0) is 57.2 Å². The Morgan fingerprint density at radius 2 is 1.28 bits per heavy atom. The highest BCUT2D eigenvalue weighted by Crippen LogP contribution is 2.21. The number of nitrogens with one attached hydrogen (secondary N) is 3. The van der Waals surface area contributed by atoms with E-state index >= 15 is 0 Å². The van der Waals surface area contributed by atoms with Gasteiger partial charge in [-0.15, -0.1) is 22.7 Å². The summed E-state index contributed by atoms with van der Waals surface area (Å²) in [6, 6.07) is 18.2. The molecule has 0 atom stereocenters. The van der Waals surface area contributed by atoms with E-state index in [1.54, 1.807) is 74.5 Å². The van der Waals surface area contributed by atoms with Crippen LogP contribution in [-0.4, -0.2) is 56.3 Å². The summed E-state index contributed by atoms with van der Waals surface area (Å²) in [5, 5.41) is 8.70. The van der Waals surface area contributed by atoms with Crippen LogP contribution in [-0.2, 0) is 17.8 Å². The molecule has 3 N–H and O–H groups in total. The van der Waals surface area contributed by atoms with E-state index in [1.165, 1.54) is 27.2 Å². The second kappa shape index (κ2) is 13.6. The molecule has 12 nitrogen and oxygen atoms in total. The lowest BCUT2D eigenvalue weighted by Gasteiger charge is -2.19. The number of carbonyl (C=O) groups excluding carboxylic acids is 3. The van der Waals surface area contributed by atoms with E-state index in [2.05, 4.69) is 15.6 Å². The molecule has 2 aromatic carbocycles. The van der Waals surface area contributed by atoms with Gasteiger partial charge in [0.2, 0.25) is 0 Å². The lowest BCUT2D eigenvalue weighted by molar-refractivity contribution is 0.0536. The number of aromatic nitrogens is 4. The number of amides is 2. The number of hydrogen-bond acceptors (Lipinski definition) is 8. The van der Waals surface area contributed by atoms with Crippen molar-refractivity contribution in [3.8, 4) is 0 Å². The highest BCUT2D eigenvalue weighted by atomic mass is 32.1. The smallest absolute Gasteiger partial charge is 0.423 e. The van der Waals surface area contributed by atoms with Crippen molar-refractivity contribution in [3.05, 3.63) is 113 Å². The maximum Gasteiger partial charge on any atom is 0.423 e. The van der Waals surface area contributed by atoms with Crippen LogP contribution in [0.3, 0.4) is 0 Å². The minimum Gasteiger partial charge on any atom is -0.443 e. The van der Waals surface area contributed by atoms with Crippen LogP contribution in [0, 0.1) is 0 Å². The predicted octanol–water partition coefficient (Wildman–Crippen LogP) is 4.85. The van der Waals surface area contributed by atoms with Gasteiger partial charge in [0, 0.05) is 34.6 Å². The molecule has 0 unspecified atom stereocenters. The molecule has 47 heavy (non-hydrogen) atoms. The number of aromatic amines is 1. The van der Waals surface area contributed by atoms with Gasteiger partial charge in [-0.3, -0.25) is 18.7 Å². The summed E-state index contributed by atoms with van der Waals surface area (Å²) in [4.78, 5) is 65.4. The number of rotatable bonds is 6.